The lowest BCUT2D eigenvalue weighted by Gasteiger charge is -2.19. The van der Waals surface area contributed by atoms with Crippen LogP contribution in [-0.2, 0) is 6.18 Å². The fourth-order valence-corrected chi connectivity index (χ4v) is 2.18. The van der Waals surface area contributed by atoms with Gasteiger partial charge in [-0.1, -0.05) is 12.1 Å². The van der Waals surface area contributed by atoms with Crippen molar-refractivity contribution in [3.05, 3.63) is 35.4 Å². The van der Waals surface area contributed by atoms with Crippen molar-refractivity contribution in [2.45, 2.75) is 18.6 Å². The summed E-state index contributed by atoms with van der Waals surface area (Å²) < 4.78 is 37.7. The topological polar surface area (TPSA) is 38.0 Å². The molecule has 1 aliphatic heterocycles. The van der Waals surface area contributed by atoms with Crippen LogP contribution in [-0.4, -0.2) is 13.1 Å². The molecule has 1 aliphatic rings. The van der Waals surface area contributed by atoms with Gasteiger partial charge in [-0.3, -0.25) is 0 Å². The minimum absolute atomic E-state index is 0.221. The average Bonchev–Trinajstić information content (AvgIpc) is 2.80. The van der Waals surface area contributed by atoms with Crippen molar-refractivity contribution in [1.29, 1.82) is 0 Å². The molecule has 17 heavy (non-hydrogen) atoms. The Morgan fingerprint density at radius 2 is 2.12 bits per heavy atom. The van der Waals surface area contributed by atoms with E-state index < -0.39 is 11.7 Å². The van der Waals surface area contributed by atoms with Crippen LogP contribution in [0.25, 0.3) is 0 Å². The first-order valence-corrected chi connectivity index (χ1v) is 5.62. The van der Waals surface area contributed by atoms with Gasteiger partial charge in [0.25, 0.3) is 0 Å². The van der Waals surface area contributed by atoms with E-state index >= 15 is 0 Å². The van der Waals surface area contributed by atoms with Crippen LogP contribution in [0.2, 0.25) is 0 Å². The predicted molar refractivity (Wildman–Crippen MR) is 59.3 cm³/mol. The molecule has 2 rings (SSSR count). The van der Waals surface area contributed by atoms with Gasteiger partial charge < -0.3 is 11.1 Å². The number of rotatable bonds is 2. The third-order valence-corrected chi connectivity index (χ3v) is 3.21. The van der Waals surface area contributed by atoms with Crippen molar-refractivity contribution < 1.29 is 13.2 Å². The van der Waals surface area contributed by atoms with E-state index in [1.165, 1.54) is 6.07 Å². The summed E-state index contributed by atoms with van der Waals surface area (Å²) in [5, 5.41) is 3.17. The van der Waals surface area contributed by atoms with Gasteiger partial charge in [0, 0.05) is 6.04 Å². The lowest BCUT2D eigenvalue weighted by Crippen LogP contribution is -2.23. The second-order valence-electron chi connectivity index (χ2n) is 4.40. The third kappa shape index (κ3) is 2.79. The van der Waals surface area contributed by atoms with Crippen LogP contribution in [0.3, 0.4) is 0 Å². The Labute approximate surface area is 98.0 Å². The predicted octanol–water partition coefficient (Wildman–Crippen LogP) is 2.31. The van der Waals surface area contributed by atoms with E-state index in [9.17, 15) is 13.2 Å². The minimum Gasteiger partial charge on any atom is -0.324 e. The summed E-state index contributed by atoms with van der Waals surface area (Å²) in [4.78, 5) is 0. The fourth-order valence-electron chi connectivity index (χ4n) is 2.18. The molecule has 0 spiro atoms. The first-order valence-electron chi connectivity index (χ1n) is 5.62. The Morgan fingerprint density at radius 1 is 1.35 bits per heavy atom. The summed E-state index contributed by atoms with van der Waals surface area (Å²) in [5.41, 5.74) is 5.94. The smallest absolute Gasteiger partial charge is 0.324 e. The molecule has 1 aromatic carbocycles. The molecule has 3 N–H and O–H groups in total. The number of hydrogen-bond acceptors (Lipinski definition) is 2. The highest BCUT2D eigenvalue weighted by atomic mass is 19.4. The molecule has 1 heterocycles. The van der Waals surface area contributed by atoms with Gasteiger partial charge in [0.2, 0.25) is 0 Å². The Hall–Kier alpha value is -1.07. The number of nitrogens with two attached hydrogens (primary N) is 1. The molecular formula is C12H15F3N2. The fraction of sp³-hybridized carbons (Fsp3) is 0.500. The van der Waals surface area contributed by atoms with Crippen LogP contribution in [0, 0.1) is 5.92 Å². The molecule has 0 saturated carbocycles. The lowest BCUT2D eigenvalue weighted by molar-refractivity contribution is -0.137. The first-order chi connectivity index (χ1) is 7.98. The highest BCUT2D eigenvalue weighted by molar-refractivity contribution is 5.28. The minimum atomic E-state index is -4.30. The van der Waals surface area contributed by atoms with E-state index in [2.05, 4.69) is 5.32 Å². The van der Waals surface area contributed by atoms with Gasteiger partial charge in [-0.2, -0.15) is 13.2 Å². The second kappa shape index (κ2) is 4.66. The van der Waals surface area contributed by atoms with E-state index in [1.54, 1.807) is 6.07 Å². The number of nitrogens with one attached hydrogen (secondary N) is 1. The van der Waals surface area contributed by atoms with Gasteiger partial charge in [0.1, 0.15) is 0 Å². The quantitative estimate of drug-likeness (QED) is 0.837. The van der Waals surface area contributed by atoms with Crippen molar-refractivity contribution >= 4 is 0 Å². The van der Waals surface area contributed by atoms with Gasteiger partial charge in [0.15, 0.2) is 0 Å². The summed E-state index contributed by atoms with van der Waals surface area (Å²) >= 11 is 0. The standard InChI is InChI=1S/C12H15F3N2/c13-12(14,15)10-3-1-2-8(6-10)11(16)9-4-5-17-7-9/h1-3,6,9,11,17H,4-5,7,16H2. The average molecular weight is 244 g/mol. The first kappa shape index (κ1) is 12.4. The van der Waals surface area contributed by atoms with Crippen LogP contribution in [0.1, 0.15) is 23.6 Å². The van der Waals surface area contributed by atoms with E-state index in [0.717, 1.165) is 31.6 Å². The summed E-state index contributed by atoms with van der Waals surface area (Å²) in [5.74, 6) is 0.221. The van der Waals surface area contributed by atoms with Gasteiger partial charge >= 0.3 is 6.18 Å². The van der Waals surface area contributed by atoms with Gasteiger partial charge in [-0.05, 0) is 43.1 Å². The van der Waals surface area contributed by atoms with Crippen LogP contribution in [0.4, 0.5) is 13.2 Å². The zero-order valence-electron chi connectivity index (χ0n) is 9.30. The van der Waals surface area contributed by atoms with Crippen molar-refractivity contribution in [3.63, 3.8) is 0 Å². The Kier molecular flexibility index (Phi) is 3.40. The largest absolute Gasteiger partial charge is 0.416 e. The lowest BCUT2D eigenvalue weighted by atomic mass is 9.92. The van der Waals surface area contributed by atoms with Gasteiger partial charge in [0.05, 0.1) is 5.56 Å². The molecule has 0 bridgehead atoms. The molecule has 2 unspecified atom stereocenters. The molecule has 0 aliphatic carbocycles. The molecule has 5 heteroatoms. The highest BCUT2D eigenvalue weighted by Gasteiger charge is 2.31. The third-order valence-electron chi connectivity index (χ3n) is 3.21. The molecule has 1 fully saturated rings. The Balaban J connectivity index is 2.20. The zero-order chi connectivity index (χ0) is 12.5. The molecule has 0 aromatic heterocycles. The van der Waals surface area contributed by atoms with Crippen LogP contribution in [0.5, 0.6) is 0 Å². The summed E-state index contributed by atoms with van der Waals surface area (Å²) in [7, 11) is 0. The van der Waals surface area contributed by atoms with E-state index in [0.29, 0.717) is 5.56 Å². The van der Waals surface area contributed by atoms with Crippen molar-refractivity contribution in [2.24, 2.45) is 11.7 Å². The maximum Gasteiger partial charge on any atom is 0.416 e. The molecule has 2 atom stereocenters. The highest BCUT2D eigenvalue weighted by Crippen LogP contribution is 2.32. The maximum absolute atomic E-state index is 12.6. The SMILES string of the molecule is NC(c1cccc(C(F)(F)F)c1)C1CCNC1. The van der Waals surface area contributed by atoms with Crippen molar-refractivity contribution in [2.75, 3.05) is 13.1 Å². The molecule has 0 radical (unpaired) electrons. The van der Waals surface area contributed by atoms with Gasteiger partial charge in [-0.25, -0.2) is 0 Å². The van der Waals surface area contributed by atoms with E-state index in [-0.39, 0.29) is 12.0 Å². The second-order valence-corrected chi connectivity index (χ2v) is 4.40. The van der Waals surface area contributed by atoms with E-state index in [4.69, 9.17) is 5.73 Å². The molecule has 0 amide bonds. The normalized spacial score (nSPS) is 22.7. The van der Waals surface area contributed by atoms with Crippen molar-refractivity contribution in [3.8, 4) is 0 Å². The monoisotopic (exact) mass is 244 g/mol. The molecular weight excluding hydrogens is 229 g/mol. The molecule has 94 valence electrons. The van der Waals surface area contributed by atoms with Crippen LogP contribution in [0.15, 0.2) is 24.3 Å². The Bertz CT molecular complexity index is 384. The number of halogens is 3. The summed E-state index contributed by atoms with van der Waals surface area (Å²) in [6.45, 7) is 1.66. The summed E-state index contributed by atoms with van der Waals surface area (Å²) in [6, 6.07) is 4.98. The number of alkyl halides is 3. The molecule has 1 saturated heterocycles. The van der Waals surface area contributed by atoms with E-state index in [1.807, 2.05) is 0 Å². The van der Waals surface area contributed by atoms with Gasteiger partial charge in [-0.15, -0.1) is 0 Å². The Morgan fingerprint density at radius 3 is 2.71 bits per heavy atom. The number of benzene rings is 1. The maximum atomic E-state index is 12.6. The van der Waals surface area contributed by atoms with Crippen LogP contribution < -0.4 is 11.1 Å². The summed E-state index contributed by atoms with van der Waals surface area (Å²) in [6.07, 6.45) is -3.39. The van der Waals surface area contributed by atoms with Crippen molar-refractivity contribution in [1.82, 2.24) is 5.32 Å². The molecule has 2 nitrogen and oxygen atoms in total. The van der Waals surface area contributed by atoms with Crippen LogP contribution >= 0.6 is 0 Å². The number of hydrogen-bond donors (Lipinski definition) is 2. The zero-order valence-corrected chi connectivity index (χ0v) is 9.30. The molecule has 1 aromatic rings.